The highest BCUT2D eigenvalue weighted by atomic mass is 16.3. The van der Waals surface area contributed by atoms with E-state index in [4.69, 9.17) is 0 Å². The first kappa shape index (κ1) is 19.1. The van der Waals surface area contributed by atoms with E-state index < -0.39 is 5.60 Å². The van der Waals surface area contributed by atoms with E-state index in [0.29, 0.717) is 32.1 Å². The summed E-state index contributed by atoms with van der Waals surface area (Å²) in [6.45, 7) is 11.3. The minimum atomic E-state index is -0.925. The Kier molecular flexibility index (Phi) is 6.16. The lowest BCUT2D eigenvalue weighted by molar-refractivity contribution is 0.0493. The van der Waals surface area contributed by atoms with Gasteiger partial charge in [0.2, 0.25) is 0 Å². The Balaban J connectivity index is 1.40. The van der Waals surface area contributed by atoms with Gasteiger partial charge in [-0.05, 0) is 25.8 Å². The van der Waals surface area contributed by atoms with Crippen LogP contribution in [0.25, 0.3) is 0 Å². The molecule has 0 bridgehead atoms. The molecule has 1 atom stereocenters. The maximum absolute atomic E-state index is 12.4. The third-order valence-electron chi connectivity index (χ3n) is 5.69. The third-order valence-corrected chi connectivity index (χ3v) is 5.69. The van der Waals surface area contributed by atoms with Crippen molar-refractivity contribution in [2.75, 3.05) is 52.4 Å². The minimum Gasteiger partial charge on any atom is -0.383 e. The molecule has 6 heteroatoms. The van der Waals surface area contributed by atoms with Crippen molar-refractivity contribution in [1.82, 2.24) is 20.0 Å². The van der Waals surface area contributed by atoms with E-state index in [-0.39, 0.29) is 6.03 Å². The zero-order valence-corrected chi connectivity index (χ0v) is 16.0. The van der Waals surface area contributed by atoms with Gasteiger partial charge in [-0.25, -0.2) is 4.79 Å². The van der Waals surface area contributed by atoms with E-state index in [1.165, 1.54) is 0 Å². The first-order valence-electron chi connectivity index (χ1n) is 9.75. The summed E-state index contributed by atoms with van der Waals surface area (Å²) in [6.07, 6.45) is 0.585. The number of hydrogen-bond acceptors (Lipinski definition) is 4. The monoisotopic (exact) mass is 360 g/mol. The van der Waals surface area contributed by atoms with Gasteiger partial charge in [-0.2, -0.15) is 0 Å². The number of amides is 2. The topological polar surface area (TPSA) is 59.0 Å². The SMILES string of the molecule is CC(C)N1CCN(CCNC(=O)N2CC[C@@](O)(c3ccccc3)C2)CC1. The second kappa shape index (κ2) is 8.37. The number of hydrogen-bond donors (Lipinski definition) is 2. The Morgan fingerprint density at radius 3 is 2.50 bits per heavy atom. The molecule has 0 unspecified atom stereocenters. The molecule has 2 aliphatic rings. The van der Waals surface area contributed by atoms with Crippen LogP contribution in [-0.4, -0.2) is 84.2 Å². The van der Waals surface area contributed by atoms with Crippen LogP contribution in [0.15, 0.2) is 30.3 Å². The maximum atomic E-state index is 12.4. The van der Waals surface area contributed by atoms with E-state index in [2.05, 4.69) is 29.0 Å². The van der Waals surface area contributed by atoms with Gasteiger partial charge in [0.1, 0.15) is 5.60 Å². The van der Waals surface area contributed by atoms with Crippen LogP contribution in [0, 0.1) is 0 Å². The van der Waals surface area contributed by atoms with Gasteiger partial charge in [0.25, 0.3) is 0 Å². The van der Waals surface area contributed by atoms with Crippen LogP contribution in [0.3, 0.4) is 0 Å². The summed E-state index contributed by atoms with van der Waals surface area (Å²) >= 11 is 0. The molecule has 3 rings (SSSR count). The standard InChI is InChI=1S/C20H32N4O2/c1-17(2)23-14-12-22(13-15-23)11-9-21-19(25)24-10-8-20(26,16-24)18-6-4-3-5-7-18/h3-7,17,26H,8-16H2,1-2H3,(H,21,25)/t20-/m0/s1. The maximum Gasteiger partial charge on any atom is 0.317 e. The van der Waals surface area contributed by atoms with E-state index in [9.17, 15) is 9.90 Å². The van der Waals surface area contributed by atoms with Gasteiger partial charge in [-0.3, -0.25) is 9.80 Å². The van der Waals surface area contributed by atoms with Crippen molar-refractivity contribution in [3.05, 3.63) is 35.9 Å². The van der Waals surface area contributed by atoms with Crippen molar-refractivity contribution < 1.29 is 9.90 Å². The highest BCUT2D eigenvalue weighted by molar-refractivity contribution is 5.74. The molecule has 144 valence electrons. The molecule has 2 heterocycles. The Labute approximate surface area is 156 Å². The van der Waals surface area contributed by atoms with E-state index in [1.807, 2.05) is 30.3 Å². The zero-order chi connectivity index (χ0) is 18.6. The Hall–Kier alpha value is -1.63. The van der Waals surface area contributed by atoms with Gasteiger partial charge >= 0.3 is 6.03 Å². The molecule has 0 aliphatic carbocycles. The van der Waals surface area contributed by atoms with Crippen LogP contribution in [0.4, 0.5) is 4.79 Å². The van der Waals surface area contributed by atoms with Crippen molar-refractivity contribution in [2.45, 2.75) is 31.9 Å². The average molecular weight is 361 g/mol. The predicted octanol–water partition coefficient (Wildman–Crippen LogP) is 1.32. The molecule has 2 N–H and O–H groups in total. The molecule has 2 aliphatic heterocycles. The van der Waals surface area contributed by atoms with Crippen molar-refractivity contribution in [2.24, 2.45) is 0 Å². The molecule has 0 aromatic heterocycles. The highest BCUT2D eigenvalue weighted by Crippen LogP contribution is 2.31. The van der Waals surface area contributed by atoms with Crippen molar-refractivity contribution in [3.63, 3.8) is 0 Å². The largest absolute Gasteiger partial charge is 0.383 e. The van der Waals surface area contributed by atoms with Gasteiger partial charge in [-0.1, -0.05) is 30.3 Å². The first-order valence-corrected chi connectivity index (χ1v) is 9.75. The third kappa shape index (κ3) is 4.55. The van der Waals surface area contributed by atoms with Gasteiger partial charge in [0.05, 0.1) is 6.54 Å². The molecular formula is C20H32N4O2. The molecule has 2 saturated heterocycles. The lowest BCUT2D eigenvalue weighted by Crippen LogP contribution is -2.51. The molecule has 26 heavy (non-hydrogen) atoms. The van der Waals surface area contributed by atoms with Crippen LogP contribution in [0.2, 0.25) is 0 Å². The second-order valence-corrected chi connectivity index (χ2v) is 7.77. The number of carbonyl (C=O) groups excluding carboxylic acids is 1. The smallest absolute Gasteiger partial charge is 0.317 e. The molecule has 1 aromatic carbocycles. The average Bonchev–Trinajstić information content (AvgIpc) is 3.06. The highest BCUT2D eigenvalue weighted by Gasteiger charge is 2.39. The fourth-order valence-electron chi connectivity index (χ4n) is 3.89. The minimum absolute atomic E-state index is 0.0716. The van der Waals surface area contributed by atoms with Crippen LogP contribution in [0.5, 0.6) is 0 Å². The number of likely N-dealkylation sites (tertiary alicyclic amines) is 1. The molecule has 1 aromatic rings. The van der Waals surface area contributed by atoms with E-state index in [0.717, 1.165) is 38.3 Å². The Morgan fingerprint density at radius 2 is 1.85 bits per heavy atom. The molecular weight excluding hydrogens is 328 g/mol. The molecule has 6 nitrogen and oxygen atoms in total. The number of carbonyl (C=O) groups is 1. The summed E-state index contributed by atoms with van der Waals surface area (Å²) in [7, 11) is 0. The predicted molar refractivity (Wildman–Crippen MR) is 103 cm³/mol. The second-order valence-electron chi connectivity index (χ2n) is 7.77. The summed E-state index contributed by atoms with van der Waals surface area (Å²) in [6, 6.07) is 10.2. The van der Waals surface area contributed by atoms with Crippen LogP contribution < -0.4 is 5.32 Å². The van der Waals surface area contributed by atoms with Crippen molar-refractivity contribution in [3.8, 4) is 0 Å². The number of nitrogens with one attached hydrogen (secondary N) is 1. The molecule has 0 radical (unpaired) electrons. The van der Waals surface area contributed by atoms with Crippen molar-refractivity contribution in [1.29, 1.82) is 0 Å². The number of nitrogens with zero attached hydrogens (tertiary/aromatic N) is 3. The quantitative estimate of drug-likeness (QED) is 0.831. The number of aliphatic hydroxyl groups is 1. The summed E-state index contributed by atoms with van der Waals surface area (Å²) in [5.74, 6) is 0. The first-order chi connectivity index (χ1) is 12.5. The number of piperazine rings is 1. The normalized spacial score (nSPS) is 25.0. The van der Waals surface area contributed by atoms with E-state index in [1.54, 1.807) is 4.90 Å². The summed E-state index contributed by atoms with van der Waals surface area (Å²) < 4.78 is 0. The molecule has 0 saturated carbocycles. The number of benzene rings is 1. The Morgan fingerprint density at radius 1 is 1.15 bits per heavy atom. The Bertz CT molecular complexity index is 587. The number of β-amino-alcohol motifs (C(OH)–C–C–N with tert-alkyl or cyclic N) is 1. The summed E-state index contributed by atoms with van der Waals surface area (Å²) in [5.41, 5.74) is -0.0375. The number of urea groups is 1. The zero-order valence-electron chi connectivity index (χ0n) is 16.0. The van der Waals surface area contributed by atoms with Crippen LogP contribution in [-0.2, 0) is 5.60 Å². The van der Waals surface area contributed by atoms with E-state index >= 15 is 0 Å². The summed E-state index contributed by atoms with van der Waals surface area (Å²) in [4.78, 5) is 19.0. The van der Waals surface area contributed by atoms with Gasteiger partial charge in [-0.15, -0.1) is 0 Å². The fourth-order valence-corrected chi connectivity index (χ4v) is 3.89. The molecule has 2 amide bonds. The van der Waals surface area contributed by atoms with Gasteiger partial charge < -0.3 is 15.3 Å². The van der Waals surface area contributed by atoms with Crippen LogP contribution in [0.1, 0.15) is 25.8 Å². The number of rotatable bonds is 5. The van der Waals surface area contributed by atoms with Gasteiger partial charge in [0, 0.05) is 51.9 Å². The summed E-state index contributed by atoms with van der Waals surface area (Å²) in [5, 5.41) is 13.9. The lowest BCUT2D eigenvalue weighted by Gasteiger charge is -2.37. The molecule has 0 spiro atoms. The van der Waals surface area contributed by atoms with Crippen molar-refractivity contribution >= 4 is 6.03 Å². The van der Waals surface area contributed by atoms with Crippen LogP contribution >= 0.6 is 0 Å². The fraction of sp³-hybridized carbons (Fsp3) is 0.650. The lowest BCUT2D eigenvalue weighted by atomic mass is 9.93. The molecule has 2 fully saturated rings. The van der Waals surface area contributed by atoms with Gasteiger partial charge in [0.15, 0.2) is 0 Å².